The molecule has 2 N–H and O–H groups in total. The molecule has 0 atom stereocenters. The molecule has 1 aromatic carbocycles. The highest BCUT2D eigenvalue weighted by atomic mass is 32.2. The average molecular weight is 351 g/mol. The summed E-state index contributed by atoms with van der Waals surface area (Å²) in [4.78, 5) is 13.2. The molecule has 0 saturated heterocycles. The second-order valence-electron chi connectivity index (χ2n) is 4.89. The van der Waals surface area contributed by atoms with Crippen LogP contribution in [0.4, 0.5) is 5.69 Å². The van der Waals surface area contributed by atoms with Crippen LogP contribution in [-0.4, -0.2) is 24.9 Å². The molecule has 0 fully saturated rings. The van der Waals surface area contributed by atoms with Crippen LogP contribution in [-0.2, 0) is 16.4 Å². The number of nitro groups is 1. The van der Waals surface area contributed by atoms with Crippen molar-refractivity contribution in [3.8, 4) is 0 Å². The summed E-state index contributed by atoms with van der Waals surface area (Å²) in [6.07, 6.45) is 2.38. The molecule has 0 bridgehead atoms. The van der Waals surface area contributed by atoms with Gasteiger partial charge in [0.1, 0.15) is 4.21 Å². The van der Waals surface area contributed by atoms with E-state index in [9.17, 15) is 18.5 Å². The predicted molar refractivity (Wildman–Crippen MR) is 88.2 cm³/mol. The predicted octanol–water partition coefficient (Wildman–Crippen LogP) is 2.66. The normalized spacial score (nSPS) is 11.8. The van der Waals surface area contributed by atoms with Gasteiger partial charge in [-0.2, -0.15) is 0 Å². The molecule has 0 spiro atoms. The fourth-order valence-electron chi connectivity index (χ4n) is 2.27. The topological polar surface area (TPSA) is 105 Å². The minimum Gasteiger partial charge on any atom is -0.361 e. The number of aromatic nitrogens is 1. The standard InChI is InChI=1S/C14H13N3O4S2/c18-17(19)11-7-14(22-9-11)23(20,21)16-6-5-10-8-15-13-4-2-1-3-12(10)13/h1-4,7-9,15-16H,5-6H2. The Labute approximate surface area is 136 Å². The lowest BCUT2D eigenvalue weighted by molar-refractivity contribution is -0.384. The minimum absolute atomic E-state index is 0.0527. The quantitative estimate of drug-likeness (QED) is 0.526. The van der Waals surface area contributed by atoms with Crippen LogP contribution in [0.3, 0.4) is 0 Å². The molecule has 3 aromatic rings. The smallest absolute Gasteiger partial charge is 0.281 e. The lowest BCUT2D eigenvalue weighted by Gasteiger charge is -2.04. The summed E-state index contributed by atoms with van der Waals surface area (Å²) in [5.41, 5.74) is 1.80. The molecule has 0 saturated carbocycles. The van der Waals surface area contributed by atoms with E-state index in [0.29, 0.717) is 6.42 Å². The van der Waals surface area contributed by atoms with Crippen molar-refractivity contribution in [3.63, 3.8) is 0 Å². The fourth-order valence-corrected chi connectivity index (χ4v) is 4.47. The zero-order chi connectivity index (χ0) is 16.4. The number of hydrogen-bond donors (Lipinski definition) is 2. The molecule has 0 unspecified atom stereocenters. The number of benzene rings is 1. The van der Waals surface area contributed by atoms with Gasteiger partial charge in [0, 0.05) is 29.7 Å². The SMILES string of the molecule is O=[N+]([O-])c1csc(S(=O)(=O)NCCc2c[nH]c3ccccc23)c1. The molecular weight excluding hydrogens is 338 g/mol. The molecule has 0 aliphatic rings. The molecule has 120 valence electrons. The molecule has 23 heavy (non-hydrogen) atoms. The Balaban J connectivity index is 1.68. The van der Waals surface area contributed by atoms with Crippen molar-refractivity contribution in [1.82, 2.24) is 9.71 Å². The highest BCUT2D eigenvalue weighted by molar-refractivity contribution is 7.91. The third-order valence-electron chi connectivity index (χ3n) is 3.40. The summed E-state index contributed by atoms with van der Waals surface area (Å²) < 4.78 is 26.7. The number of H-pyrrole nitrogens is 1. The number of hydrogen-bond acceptors (Lipinski definition) is 5. The molecule has 7 nitrogen and oxygen atoms in total. The first-order chi connectivity index (χ1) is 11.0. The highest BCUT2D eigenvalue weighted by Crippen LogP contribution is 2.25. The van der Waals surface area contributed by atoms with Crippen LogP contribution in [0.1, 0.15) is 5.56 Å². The van der Waals surface area contributed by atoms with Gasteiger partial charge < -0.3 is 4.98 Å². The minimum atomic E-state index is -3.73. The van der Waals surface area contributed by atoms with Crippen LogP contribution in [0.2, 0.25) is 0 Å². The maximum atomic E-state index is 12.1. The van der Waals surface area contributed by atoms with Gasteiger partial charge in [0.15, 0.2) is 0 Å². The van der Waals surface area contributed by atoms with Crippen molar-refractivity contribution < 1.29 is 13.3 Å². The summed E-state index contributed by atoms with van der Waals surface area (Å²) in [7, 11) is -3.73. The van der Waals surface area contributed by atoms with Gasteiger partial charge in [-0.3, -0.25) is 10.1 Å². The van der Waals surface area contributed by atoms with Crippen molar-refractivity contribution in [2.24, 2.45) is 0 Å². The summed E-state index contributed by atoms with van der Waals surface area (Å²) >= 11 is 0.837. The number of fused-ring (bicyclic) bond motifs is 1. The van der Waals surface area contributed by atoms with Gasteiger partial charge in [0.05, 0.1) is 10.3 Å². The lowest BCUT2D eigenvalue weighted by atomic mass is 10.1. The molecular formula is C14H13N3O4S2. The van der Waals surface area contributed by atoms with Crippen molar-refractivity contribution >= 4 is 38.0 Å². The van der Waals surface area contributed by atoms with E-state index in [2.05, 4.69) is 9.71 Å². The summed E-state index contributed by atoms with van der Waals surface area (Å²) in [5.74, 6) is 0. The zero-order valence-electron chi connectivity index (χ0n) is 11.9. The van der Waals surface area contributed by atoms with Crippen molar-refractivity contribution in [1.29, 1.82) is 0 Å². The van der Waals surface area contributed by atoms with Crippen molar-refractivity contribution in [3.05, 3.63) is 57.6 Å². The third-order valence-corrected chi connectivity index (χ3v) is 6.29. The summed E-state index contributed by atoms with van der Waals surface area (Å²) in [5, 5.41) is 12.9. The lowest BCUT2D eigenvalue weighted by Crippen LogP contribution is -2.25. The zero-order valence-corrected chi connectivity index (χ0v) is 13.5. The number of nitrogens with one attached hydrogen (secondary N) is 2. The monoisotopic (exact) mass is 351 g/mol. The van der Waals surface area contributed by atoms with Gasteiger partial charge in [-0.15, -0.1) is 11.3 Å². The Hall–Kier alpha value is -2.23. The second kappa shape index (κ2) is 6.11. The Bertz CT molecular complexity index is 959. The van der Waals surface area contributed by atoms with E-state index < -0.39 is 14.9 Å². The Morgan fingerprint density at radius 2 is 2.09 bits per heavy atom. The number of para-hydroxylation sites is 1. The van der Waals surface area contributed by atoms with Crippen LogP contribution >= 0.6 is 11.3 Å². The van der Waals surface area contributed by atoms with E-state index in [1.165, 1.54) is 5.38 Å². The summed E-state index contributed by atoms with van der Waals surface area (Å²) in [6.45, 7) is 0.218. The van der Waals surface area contributed by atoms with Crippen molar-refractivity contribution in [2.75, 3.05) is 6.54 Å². The Kier molecular flexibility index (Phi) is 4.16. The van der Waals surface area contributed by atoms with Crippen LogP contribution in [0.15, 0.2) is 46.1 Å². The average Bonchev–Trinajstić information content (AvgIpc) is 3.15. The fraction of sp³-hybridized carbons (Fsp3) is 0.143. The number of aromatic amines is 1. The molecule has 2 heterocycles. The van der Waals surface area contributed by atoms with E-state index in [1.54, 1.807) is 0 Å². The first-order valence-electron chi connectivity index (χ1n) is 6.75. The third kappa shape index (κ3) is 3.26. The van der Waals surface area contributed by atoms with Gasteiger partial charge in [-0.05, 0) is 18.1 Å². The second-order valence-corrected chi connectivity index (χ2v) is 7.79. The van der Waals surface area contributed by atoms with E-state index >= 15 is 0 Å². The Morgan fingerprint density at radius 1 is 1.30 bits per heavy atom. The molecule has 0 aliphatic carbocycles. The van der Waals surface area contributed by atoms with Crippen LogP contribution in [0, 0.1) is 10.1 Å². The van der Waals surface area contributed by atoms with Gasteiger partial charge in [-0.1, -0.05) is 18.2 Å². The molecule has 0 aliphatic heterocycles. The molecule has 3 rings (SSSR count). The first-order valence-corrected chi connectivity index (χ1v) is 9.11. The van der Waals surface area contributed by atoms with Gasteiger partial charge in [0.2, 0.25) is 10.0 Å². The van der Waals surface area contributed by atoms with Gasteiger partial charge >= 0.3 is 0 Å². The molecule has 9 heteroatoms. The Morgan fingerprint density at radius 3 is 2.83 bits per heavy atom. The first kappa shape index (κ1) is 15.7. The number of sulfonamides is 1. The van der Waals surface area contributed by atoms with Crippen LogP contribution < -0.4 is 4.72 Å². The van der Waals surface area contributed by atoms with E-state index in [1.807, 2.05) is 30.5 Å². The number of nitrogens with zero attached hydrogens (tertiary/aromatic N) is 1. The van der Waals surface area contributed by atoms with E-state index in [-0.39, 0.29) is 16.4 Å². The highest BCUT2D eigenvalue weighted by Gasteiger charge is 2.20. The van der Waals surface area contributed by atoms with Gasteiger partial charge in [0.25, 0.3) is 5.69 Å². The van der Waals surface area contributed by atoms with Crippen LogP contribution in [0.25, 0.3) is 10.9 Å². The number of thiophene rings is 1. The van der Waals surface area contributed by atoms with Crippen LogP contribution in [0.5, 0.6) is 0 Å². The van der Waals surface area contributed by atoms with E-state index in [4.69, 9.17) is 0 Å². The molecule has 0 amide bonds. The summed E-state index contributed by atoms with van der Waals surface area (Å²) in [6, 6.07) is 8.84. The van der Waals surface area contributed by atoms with Crippen molar-refractivity contribution in [2.45, 2.75) is 10.6 Å². The largest absolute Gasteiger partial charge is 0.361 e. The maximum absolute atomic E-state index is 12.1. The van der Waals surface area contributed by atoms with E-state index in [0.717, 1.165) is 33.9 Å². The number of rotatable bonds is 6. The molecule has 2 aromatic heterocycles. The molecule has 0 radical (unpaired) electrons. The van der Waals surface area contributed by atoms with Gasteiger partial charge in [-0.25, -0.2) is 13.1 Å². The maximum Gasteiger partial charge on any atom is 0.281 e.